The number of hydrogen-bond donors (Lipinski definition) is 2. The number of rotatable bonds is 8. The molecule has 8 nitrogen and oxygen atoms in total. The maximum atomic E-state index is 11.6. The smallest absolute Gasteiger partial charge is 0.316 e. The molecule has 3 aromatic carbocycles. The van der Waals surface area contributed by atoms with Crippen molar-refractivity contribution in [2.24, 2.45) is 0 Å². The summed E-state index contributed by atoms with van der Waals surface area (Å²) in [6, 6.07) is 25.8. The minimum atomic E-state index is -0.743. The molecule has 0 unspecified atom stereocenters. The number of nitrogens with zero attached hydrogens (tertiary/aromatic N) is 3. The molecule has 0 saturated heterocycles. The third-order valence-electron chi connectivity index (χ3n) is 6.92. The molecule has 184 valence electrons. The maximum Gasteiger partial charge on any atom is 0.316 e. The van der Waals surface area contributed by atoms with Gasteiger partial charge in [-0.25, -0.2) is 0 Å². The largest absolute Gasteiger partial charge is 0.481 e. The van der Waals surface area contributed by atoms with Crippen molar-refractivity contribution < 1.29 is 18.8 Å². The van der Waals surface area contributed by atoms with Crippen LogP contribution in [0.3, 0.4) is 0 Å². The molecule has 0 atom stereocenters. The van der Waals surface area contributed by atoms with Crippen molar-refractivity contribution in [3.8, 4) is 33.9 Å². The van der Waals surface area contributed by atoms with Crippen LogP contribution in [0.5, 0.6) is 0 Å². The molecule has 0 amide bonds. The number of nitrogens with one attached hydrogen (secondary N) is 1. The van der Waals surface area contributed by atoms with Crippen molar-refractivity contribution >= 4 is 12.0 Å². The second-order valence-corrected chi connectivity index (χ2v) is 9.25. The molecule has 1 aliphatic carbocycles. The zero-order valence-corrected chi connectivity index (χ0v) is 20.1. The number of aryl methyl sites for hydroxylation is 1. The number of aliphatic carboxylic acids is 1. The summed E-state index contributed by atoms with van der Waals surface area (Å²) in [5.41, 5.74) is 5.67. The van der Waals surface area contributed by atoms with Crippen molar-refractivity contribution in [2.45, 2.75) is 31.7 Å². The highest BCUT2D eigenvalue weighted by Crippen LogP contribution is 2.48. The molecule has 2 aromatic heterocycles. The van der Waals surface area contributed by atoms with Crippen LogP contribution in [0.1, 0.15) is 29.7 Å². The molecule has 1 saturated carbocycles. The number of aromatic nitrogens is 3. The second-order valence-electron chi connectivity index (χ2n) is 9.25. The van der Waals surface area contributed by atoms with E-state index in [4.69, 9.17) is 8.94 Å². The van der Waals surface area contributed by atoms with E-state index < -0.39 is 11.4 Å². The van der Waals surface area contributed by atoms with E-state index in [2.05, 4.69) is 20.7 Å². The highest BCUT2D eigenvalue weighted by Gasteiger charge is 2.51. The van der Waals surface area contributed by atoms with Gasteiger partial charge in [-0.3, -0.25) is 4.79 Å². The third-order valence-corrected chi connectivity index (χ3v) is 6.92. The highest BCUT2D eigenvalue weighted by atomic mass is 16.5. The summed E-state index contributed by atoms with van der Waals surface area (Å²) in [6.45, 7) is 2.31. The van der Waals surface area contributed by atoms with Gasteiger partial charge in [0.2, 0.25) is 5.89 Å². The summed E-state index contributed by atoms with van der Waals surface area (Å²) in [6.07, 6.45) is 1.40. The lowest BCUT2D eigenvalue weighted by Crippen LogP contribution is -2.19. The number of carbonyl (C=O) groups is 1. The van der Waals surface area contributed by atoms with E-state index in [1.807, 2.05) is 85.8 Å². The van der Waals surface area contributed by atoms with Gasteiger partial charge < -0.3 is 19.4 Å². The first-order valence-corrected chi connectivity index (χ1v) is 12.1. The van der Waals surface area contributed by atoms with Gasteiger partial charge in [-0.15, -0.1) is 5.10 Å². The summed E-state index contributed by atoms with van der Waals surface area (Å²) >= 11 is 0. The molecule has 0 bridgehead atoms. The van der Waals surface area contributed by atoms with Gasteiger partial charge in [-0.1, -0.05) is 77.0 Å². The van der Waals surface area contributed by atoms with Crippen LogP contribution in [0, 0.1) is 6.92 Å². The Morgan fingerprint density at radius 3 is 2.19 bits per heavy atom. The van der Waals surface area contributed by atoms with E-state index in [1.54, 1.807) is 0 Å². The Morgan fingerprint density at radius 2 is 1.54 bits per heavy atom. The van der Waals surface area contributed by atoms with E-state index in [9.17, 15) is 9.90 Å². The first kappa shape index (κ1) is 22.7. The fraction of sp³-hybridized carbons (Fsp3) is 0.172. The molecule has 8 heteroatoms. The number of hydrogen-bond acceptors (Lipinski definition) is 7. The second kappa shape index (κ2) is 9.05. The van der Waals surface area contributed by atoms with Crippen LogP contribution in [0.15, 0.2) is 87.8 Å². The minimum Gasteiger partial charge on any atom is -0.481 e. The van der Waals surface area contributed by atoms with E-state index in [1.165, 1.54) is 0 Å². The van der Waals surface area contributed by atoms with Crippen molar-refractivity contribution in [2.75, 3.05) is 5.32 Å². The Hall–Kier alpha value is -4.72. The normalized spacial score (nSPS) is 13.9. The lowest BCUT2D eigenvalue weighted by molar-refractivity contribution is -0.140. The monoisotopic (exact) mass is 492 g/mol. The molecule has 5 aromatic rings. The van der Waals surface area contributed by atoms with Crippen LogP contribution in [0.4, 0.5) is 6.01 Å². The first-order chi connectivity index (χ1) is 18.0. The zero-order valence-electron chi connectivity index (χ0n) is 20.1. The standard InChI is InChI=1S/C29H24N4O4/c1-18-24(17-30-28-32-31-26(36-28)22-5-3-2-4-6-22)25(37-33-18)21-9-7-19(8-10-21)20-11-13-23(14-12-20)29(15-16-29)27(34)35/h2-14H,15-17H2,1H3,(H,30,32)(H,34,35). The molecular weight excluding hydrogens is 468 g/mol. The van der Waals surface area contributed by atoms with Gasteiger partial charge in [0.25, 0.3) is 0 Å². The topological polar surface area (TPSA) is 114 Å². The fourth-order valence-electron chi connectivity index (χ4n) is 4.53. The molecule has 1 fully saturated rings. The van der Waals surface area contributed by atoms with E-state index in [-0.39, 0.29) is 0 Å². The predicted octanol–water partition coefficient (Wildman–Crippen LogP) is 6.10. The number of carboxylic acid groups (broad SMARTS) is 1. The quantitative estimate of drug-likeness (QED) is 0.267. The predicted molar refractivity (Wildman–Crippen MR) is 138 cm³/mol. The van der Waals surface area contributed by atoms with Crippen LogP contribution in [0.25, 0.3) is 33.9 Å². The lowest BCUT2D eigenvalue weighted by atomic mass is 9.93. The molecule has 2 N–H and O–H groups in total. The van der Waals surface area contributed by atoms with E-state index in [0.29, 0.717) is 37.1 Å². The highest BCUT2D eigenvalue weighted by molar-refractivity contribution is 5.85. The SMILES string of the molecule is Cc1noc(-c2ccc(-c3ccc(C4(C(=O)O)CC4)cc3)cc2)c1CNc1nnc(-c2ccccc2)o1. The molecule has 0 radical (unpaired) electrons. The van der Waals surface area contributed by atoms with Gasteiger partial charge >= 0.3 is 12.0 Å². The van der Waals surface area contributed by atoms with Gasteiger partial charge in [-0.2, -0.15) is 0 Å². The van der Waals surface area contributed by atoms with Gasteiger partial charge in [0.05, 0.1) is 17.7 Å². The van der Waals surface area contributed by atoms with Crippen LogP contribution >= 0.6 is 0 Å². The average Bonchev–Trinajstić information content (AvgIpc) is 3.49. The number of benzene rings is 3. The molecule has 0 spiro atoms. The Morgan fingerprint density at radius 1 is 0.892 bits per heavy atom. The Balaban J connectivity index is 1.17. The molecular formula is C29H24N4O4. The van der Waals surface area contributed by atoms with Gasteiger partial charge in [0.1, 0.15) is 0 Å². The summed E-state index contributed by atoms with van der Waals surface area (Å²) in [5, 5.41) is 25.1. The lowest BCUT2D eigenvalue weighted by Gasteiger charge is -2.11. The molecule has 37 heavy (non-hydrogen) atoms. The van der Waals surface area contributed by atoms with E-state index in [0.717, 1.165) is 39.1 Å². The van der Waals surface area contributed by atoms with E-state index >= 15 is 0 Å². The van der Waals surface area contributed by atoms with Crippen molar-refractivity contribution in [1.29, 1.82) is 0 Å². The number of carboxylic acids is 1. The first-order valence-electron chi connectivity index (χ1n) is 12.1. The Labute approximate surface area is 213 Å². The average molecular weight is 493 g/mol. The van der Waals surface area contributed by atoms with Crippen LogP contribution in [0.2, 0.25) is 0 Å². The fourth-order valence-corrected chi connectivity index (χ4v) is 4.53. The zero-order chi connectivity index (χ0) is 25.4. The summed E-state index contributed by atoms with van der Waals surface area (Å²) in [5.74, 6) is 0.379. The number of anilines is 1. The summed E-state index contributed by atoms with van der Waals surface area (Å²) in [4.78, 5) is 11.6. The molecule has 2 heterocycles. The maximum absolute atomic E-state index is 11.6. The van der Waals surface area contributed by atoms with Gasteiger partial charge in [-0.05, 0) is 48.6 Å². The third kappa shape index (κ3) is 4.27. The van der Waals surface area contributed by atoms with Crippen LogP contribution < -0.4 is 5.32 Å². The van der Waals surface area contributed by atoms with Gasteiger partial charge in [0, 0.05) is 16.7 Å². The van der Waals surface area contributed by atoms with Gasteiger partial charge in [0.15, 0.2) is 5.76 Å². The summed E-state index contributed by atoms with van der Waals surface area (Å²) < 4.78 is 11.4. The van der Waals surface area contributed by atoms with Crippen LogP contribution in [-0.4, -0.2) is 26.4 Å². The Bertz CT molecular complexity index is 1550. The van der Waals surface area contributed by atoms with Crippen LogP contribution in [-0.2, 0) is 16.8 Å². The van der Waals surface area contributed by atoms with Crippen molar-refractivity contribution in [1.82, 2.24) is 15.4 Å². The molecule has 6 rings (SSSR count). The molecule has 1 aliphatic rings. The van der Waals surface area contributed by atoms with Crippen molar-refractivity contribution in [3.63, 3.8) is 0 Å². The van der Waals surface area contributed by atoms with Crippen molar-refractivity contribution in [3.05, 3.63) is 95.7 Å². The Kier molecular flexibility index (Phi) is 5.56. The summed E-state index contributed by atoms with van der Waals surface area (Å²) in [7, 11) is 0. The molecule has 0 aliphatic heterocycles. The minimum absolute atomic E-state index is 0.320.